The zero-order valence-corrected chi connectivity index (χ0v) is 31.4. The zero-order chi connectivity index (χ0) is 37.5. The normalized spacial score (nSPS) is 14.5. The Morgan fingerprint density at radius 3 is 1.61 bits per heavy atom. The summed E-state index contributed by atoms with van der Waals surface area (Å²) < 4.78 is 2.43. The second-order valence-electron chi connectivity index (χ2n) is 15.6. The average molecular weight is 727 g/mol. The molecule has 1 heterocycles. The van der Waals surface area contributed by atoms with Crippen molar-refractivity contribution in [3.63, 3.8) is 0 Å². The first-order valence-corrected chi connectivity index (χ1v) is 20.1. The maximum Gasteiger partial charge on any atom is 0.0726 e. The predicted molar refractivity (Wildman–Crippen MR) is 237 cm³/mol. The van der Waals surface area contributed by atoms with E-state index in [9.17, 15) is 0 Å². The molecule has 8 aromatic carbocycles. The fourth-order valence-corrected chi connectivity index (χ4v) is 10.4. The van der Waals surface area contributed by atoms with E-state index >= 15 is 0 Å². The quantitative estimate of drug-likeness (QED) is 0.171. The molecule has 0 unspecified atom stereocenters. The highest BCUT2D eigenvalue weighted by atomic mass is 15.2. The van der Waals surface area contributed by atoms with E-state index < -0.39 is 5.41 Å². The zero-order valence-electron chi connectivity index (χ0n) is 31.4. The molecular formula is C55H38N2. The summed E-state index contributed by atoms with van der Waals surface area (Å²) in [7, 11) is 0. The second-order valence-corrected chi connectivity index (χ2v) is 15.6. The van der Waals surface area contributed by atoms with E-state index in [0.717, 1.165) is 24.2 Å². The second kappa shape index (κ2) is 12.4. The molecule has 268 valence electrons. The van der Waals surface area contributed by atoms with Gasteiger partial charge in [-0.05, 0) is 117 Å². The summed E-state index contributed by atoms with van der Waals surface area (Å²) in [6.45, 7) is 0. The van der Waals surface area contributed by atoms with Gasteiger partial charge in [0.25, 0.3) is 0 Å². The lowest BCUT2D eigenvalue weighted by Crippen LogP contribution is -2.26. The van der Waals surface area contributed by atoms with Crippen molar-refractivity contribution in [2.75, 3.05) is 4.90 Å². The number of anilines is 2. The molecule has 0 radical (unpaired) electrons. The van der Waals surface area contributed by atoms with Crippen molar-refractivity contribution in [1.29, 1.82) is 0 Å². The molecule has 0 saturated heterocycles. The summed E-state index contributed by atoms with van der Waals surface area (Å²) in [4.78, 5) is 2.54. The molecule has 0 fully saturated rings. The van der Waals surface area contributed by atoms with Gasteiger partial charge in [-0.25, -0.2) is 0 Å². The van der Waals surface area contributed by atoms with E-state index in [1.165, 1.54) is 88.8 Å². The molecule has 0 bridgehead atoms. The lowest BCUT2D eigenvalue weighted by molar-refractivity contribution is 0.793. The van der Waals surface area contributed by atoms with Gasteiger partial charge >= 0.3 is 0 Å². The van der Waals surface area contributed by atoms with Crippen molar-refractivity contribution in [3.8, 4) is 27.9 Å². The van der Waals surface area contributed by atoms with Gasteiger partial charge in [0.05, 0.1) is 16.4 Å². The number of para-hydroxylation sites is 2. The molecule has 0 N–H and O–H groups in total. The van der Waals surface area contributed by atoms with E-state index in [4.69, 9.17) is 0 Å². The van der Waals surface area contributed by atoms with Crippen LogP contribution in [0.15, 0.2) is 212 Å². The SMILES string of the molecule is C1=C(c2ccccc2)CCC(N(c2ccc3c(c2)C2(c4ccccc4-c4ccccc42)c2ccccc2-3)c2ccc3c4ccccc4n(-c4ccccc4)c3c2)=C1. The Labute approximate surface area is 332 Å². The van der Waals surface area contributed by atoms with Crippen molar-refractivity contribution < 1.29 is 0 Å². The predicted octanol–water partition coefficient (Wildman–Crippen LogP) is 14.0. The third kappa shape index (κ3) is 4.59. The van der Waals surface area contributed by atoms with Gasteiger partial charge in [0.15, 0.2) is 0 Å². The molecule has 2 heteroatoms. The maximum absolute atomic E-state index is 2.54. The number of nitrogens with zero attached hydrogens (tertiary/aromatic N) is 2. The van der Waals surface area contributed by atoms with Gasteiger partial charge in [0, 0.05) is 33.5 Å². The number of hydrogen-bond donors (Lipinski definition) is 0. The number of rotatable bonds is 5. The van der Waals surface area contributed by atoms with E-state index in [2.05, 4.69) is 216 Å². The van der Waals surface area contributed by atoms with Gasteiger partial charge in [0.2, 0.25) is 0 Å². The standard InChI is InChI=1S/C55H38N2/c1-3-15-37(16-4-1)38-27-29-40(30-28-38)56(42-32-34-48-47-22-10-14-26-53(47)57(54(48)36-42)39-17-5-2-6-18-39)41-31-33-46-45-21-9-13-25-51(45)55(52(46)35-41)49-23-11-7-19-43(49)44-20-8-12-24-50(44)55/h1-27,29,31-36H,28,30H2. The van der Waals surface area contributed by atoms with Crippen LogP contribution in [0.4, 0.5) is 11.4 Å². The van der Waals surface area contributed by atoms with Crippen LogP contribution < -0.4 is 4.90 Å². The summed E-state index contributed by atoms with van der Waals surface area (Å²) in [5, 5.41) is 2.52. The monoisotopic (exact) mass is 726 g/mol. The van der Waals surface area contributed by atoms with Crippen LogP contribution in [-0.2, 0) is 5.41 Å². The van der Waals surface area contributed by atoms with Gasteiger partial charge in [-0.2, -0.15) is 0 Å². The van der Waals surface area contributed by atoms with E-state index in [-0.39, 0.29) is 0 Å². The first kappa shape index (κ1) is 32.1. The molecule has 3 aliphatic rings. The molecule has 0 amide bonds. The van der Waals surface area contributed by atoms with E-state index in [1.807, 2.05) is 0 Å². The van der Waals surface area contributed by atoms with Crippen molar-refractivity contribution in [2.24, 2.45) is 0 Å². The minimum atomic E-state index is -0.411. The average Bonchev–Trinajstić information content (AvgIpc) is 3.89. The van der Waals surface area contributed by atoms with Crippen LogP contribution in [0.3, 0.4) is 0 Å². The summed E-state index contributed by atoms with van der Waals surface area (Å²) >= 11 is 0. The Morgan fingerprint density at radius 1 is 0.404 bits per heavy atom. The largest absolute Gasteiger partial charge is 0.314 e. The van der Waals surface area contributed by atoms with Crippen LogP contribution in [0.2, 0.25) is 0 Å². The van der Waals surface area contributed by atoms with Crippen LogP contribution >= 0.6 is 0 Å². The Morgan fingerprint density at radius 2 is 0.947 bits per heavy atom. The fourth-order valence-electron chi connectivity index (χ4n) is 10.4. The number of fused-ring (bicyclic) bond motifs is 13. The van der Waals surface area contributed by atoms with Crippen molar-refractivity contribution in [1.82, 2.24) is 4.57 Å². The van der Waals surface area contributed by atoms with Crippen molar-refractivity contribution in [3.05, 3.63) is 240 Å². The molecule has 3 aliphatic carbocycles. The molecular weight excluding hydrogens is 689 g/mol. The smallest absolute Gasteiger partial charge is 0.0726 e. The Hall–Kier alpha value is -7.16. The molecule has 9 aromatic rings. The number of benzene rings is 8. The third-order valence-corrected chi connectivity index (χ3v) is 12.7. The first-order chi connectivity index (χ1) is 28.3. The van der Waals surface area contributed by atoms with Crippen LogP contribution in [0.25, 0.3) is 55.3 Å². The summed E-state index contributed by atoms with van der Waals surface area (Å²) in [5.74, 6) is 0. The first-order valence-electron chi connectivity index (χ1n) is 20.1. The van der Waals surface area contributed by atoms with Gasteiger partial charge < -0.3 is 9.47 Å². The summed E-state index contributed by atoms with van der Waals surface area (Å²) in [6.07, 6.45) is 6.60. The van der Waals surface area contributed by atoms with Crippen molar-refractivity contribution in [2.45, 2.75) is 18.3 Å². The molecule has 0 saturated carbocycles. The Balaban J connectivity index is 1.11. The highest BCUT2D eigenvalue weighted by molar-refractivity contribution is 6.10. The molecule has 0 aliphatic heterocycles. The van der Waals surface area contributed by atoms with E-state index in [0.29, 0.717) is 0 Å². The summed E-state index contributed by atoms with van der Waals surface area (Å²) in [6, 6.07) is 72.0. The van der Waals surface area contributed by atoms with Crippen LogP contribution in [0, 0.1) is 0 Å². The topological polar surface area (TPSA) is 8.17 Å². The number of hydrogen-bond acceptors (Lipinski definition) is 1. The lowest BCUT2D eigenvalue weighted by atomic mass is 9.70. The Kier molecular flexibility index (Phi) is 7.00. The number of aromatic nitrogens is 1. The fraction of sp³-hybridized carbons (Fsp3) is 0.0545. The van der Waals surface area contributed by atoms with E-state index in [1.54, 1.807) is 0 Å². The van der Waals surface area contributed by atoms with Gasteiger partial charge in [-0.1, -0.05) is 158 Å². The molecule has 2 nitrogen and oxygen atoms in total. The molecule has 1 spiro atoms. The molecule has 1 aromatic heterocycles. The lowest BCUT2D eigenvalue weighted by Gasteiger charge is -2.33. The van der Waals surface area contributed by atoms with Gasteiger partial charge in [-0.15, -0.1) is 0 Å². The van der Waals surface area contributed by atoms with Gasteiger partial charge in [0.1, 0.15) is 0 Å². The minimum Gasteiger partial charge on any atom is -0.314 e. The Bertz CT molecular complexity index is 3060. The maximum atomic E-state index is 2.54. The minimum absolute atomic E-state index is 0.411. The molecule has 12 rings (SSSR count). The molecule has 0 atom stereocenters. The van der Waals surface area contributed by atoms with Crippen molar-refractivity contribution >= 4 is 38.8 Å². The summed E-state index contributed by atoms with van der Waals surface area (Å²) in [5.41, 5.74) is 20.2. The van der Waals surface area contributed by atoms with Crippen LogP contribution in [0.5, 0.6) is 0 Å². The van der Waals surface area contributed by atoms with Crippen LogP contribution in [-0.4, -0.2) is 4.57 Å². The van der Waals surface area contributed by atoms with Crippen LogP contribution in [0.1, 0.15) is 40.7 Å². The molecule has 57 heavy (non-hydrogen) atoms. The highest BCUT2D eigenvalue weighted by Crippen LogP contribution is 2.63. The number of allylic oxidation sites excluding steroid dienone is 4. The third-order valence-electron chi connectivity index (χ3n) is 12.7. The highest BCUT2D eigenvalue weighted by Gasteiger charge is 2.51. The van der Waals surface area contributed by atoms with Gasteiger partial charge in [-0.3, -0.25) is 0 Å².